The Morgan fingerprint density at radius 2 is 2.17 bits per heavy atom. The SMILES string of the molecule is NC(=O)Nc1ccccc1CO. The van der Waals surface area contributed by atoms with Crippen molar-refractivity contribution in [3.63, 3.8) is 0 Å². The van der Waals surface area contributed by atoms with Gasteiger partial charge in [0, 0.05) is 11.3 Å². The highest BCUT2D eigenvalue weighted by Gasteiger charge is 2.00. The number of rotatable bonds is 2. The minimum atomic E-state index is -0.629. The van der Waals surface area contributed by atoms with Gasteiger partial charge in [-0.15, -0.1) is 0 Å². The lowest BCUT2D eigenvalue weighted by molar-refractivity contribution is 0.259. The van der Waals surface area contributed by atoms with E-state index in [9.17, 15) is 4.79 Å². The number of para-hydroxylation sites is 1. The van der Waals surface area contributed by atoms with Gasteiger partial charge >= 0.3 is 6.03 Å². The summed E-state index contributed by atoms with van der Waals surface area (Å²) >= 11 is 0. The quantitative estimate of drug-likeness (QED) is 0.604. The second kappa shape index (κ2) is 3.73. The van der Waals surface area contributed by atoms with Crippen molar-refractivity contribution < 1.29 is 9.90 Å². The summed E-state index contributed by atoms with van der Waals surface area (Å²) in [4.78, 5) is 10.5. The fraction of sp³-hybridized carbons (Fsp3) is 0.125. The highest BCUT2D eigenvalue weighted by molar-refractivity contribution is 5.88. The molecule has 4 nitrogen and oxygen atoms in total. The van der Waals surface area contributed by atoms with Crippen LogP contribution in [0.4, 0.5) is 10.5 Å². The maximum absolute atomic E-state index is 10.5. The summed E-state index contributed by atoms with van der Waals surface area (Å²) in [7, 11) is 0. The summed E-state index contributed by atoms with van der Waals surface area (Å²) in [5.41, 5.74) is 6.11. The molecule has 0 radical (unpaired) electrons. The van der Waals surface area contributed by atoms with Crippen molar-refractivity contribution in [3.8, 4) is 0 Å². The van der Waals surface area contributed by atoms with E-state index in [4.69, 9.17) is 10.8 Å². The molecule has 0 unspecified atom stereocenters. The Morgan fingerprint density at radius 1 is 1.50 bits per heavy atom. The van der Waals surface area contributed by atoms with Gasteiger partial charge in [0.25, 0.3) is 0 Å². The Bertz CT molecular complexity index is 286. The lowest BCUT2D eigenvalue weighted by Crippen LogP contribution is -2.20. The van der Waals surface area contributed by atoms with E-state index in [-0.39, 0.29) is 6.61 Å². The zero-order valence-electron chi connectivity index (χ0n) is 6.45. The summed E-state index contributed by atoms with van der Waals surface area (Å²) in [6, 6.07) is 6.29. The summed E-state index contributed by atoms with van der Waals surface area (Å²) in [6.07, 6.45) is 0. The van der Waals surface area contributed by atoms with Crippen molar-refractivity contribution >= 4 is 11.7 Å². The molecule has 0 saturated carbocycles. The zero-order chi connectivity index (χ0) is 8.97. The first-order valence-corrected chi connectivity index (χ1v) is 3.49. The summed E-state index contributed by atoms with van der Waals surface area (Å²) < 4.78 is 0. The number of urea groups is 1. The Hall–Kier alpha value is -1.55. The molecule has 0 fully saturated rings. The minimum Gasteiger partial charge on any atom is -0.392 e. The molecule has 0 spiro atoms. The number of benzene rings is 1. The molecule has 4 N–H and O–H groups in total. The molecule has 4 heteroatoms. The largest absolute Gasteiger partial charge is 0.392 e. The van der Waals surface area contributed by atoms with Crippen molar-refractivity contribution in [2.45, 2.75) is 6.61 Å². The molecule has 12 heavy (non-hydrogen) atoms. The van der Waals surface area contributed by atoms with Crippen LogP contribution in [-0.4, -0.2) is 11.1 Å². The summed E-state index contributed by atoms with van der Waals surface area (Å²) in [5, 5.41) is 11.2. The van der Waals surface area contributed by atoms with E-state index in [0.717, 1.165) is 0 Å². The number of primary amides is 1. The van der Waals surface area contributed by atoms with Crippen LogP contribution >= 0.6 is 0 Å². The van der Waals surface area contributed by atoms with Crippen LogP contribution in [0.5, 0.6) is 0 Å². The molecule has 0 bridgehead atoms. The number of hydrogen-bond acceptors (Lipinski definition) is 2. The smallest absolute Gasteiger partial charge is 0.316 e. The van der Waals surface area contributed by atoms with Gasteiger partial charge in [-0.25, -0.2) is 4.79 Å². The van der Waals surface area contributed by atoms with Gasteiger partial charge in [-0.05, 0) is 6.07 Å². The predicted octanol–water partition coefficient (Wildman–Crippen LogP) is 0.670. The van der Waals surface area contributed by atoms with Gasteiger partial charge in [-0.2, -0.15) is 0 Å². The second-order valence-corrected chi connectivity index (χ2v) is 2.30. The van der Waals surface area contributed by atoms with E-state index in [2.05, 4.69) is 5.32 Å². The third-order valence-electron chi connectivity index (χ3n) is 1.45. The predicted molar refractivity (Wildman–Crippen MR) is 45.6 cm³/mol. The Morgan fingerprint density at radius 3 is 2.75 bits per heavy atom. The standard InChI is InChI=1S/C8H10N2O2/c9-8(12)10-7-4-2-1-3-6(7)5-11/h1-4,11H,5H2,(H3,9,10,12). The Kier molecular flexibility index (Phi) is 2.66. The van der Waals surface area contributed by atoms with Gasteiger partial charge in [0.15, 0.2) is 0 Å². The molecule has 0 aliphatic carbocycles. The first kappa shape index (κ1) is 8.55. The molecule has 0 saturated heterocycles. The number of hydrogen-bond donors (Lipinski definition) is 3. The number of anilines is 1. The van der Waals surface area contributed by atoms with Gasteiger partial charge in [0.1, 0.15) is 0 Å². The van der Waals surface area contributed by atoms with E-state index in [1.54, 1.807) is 24.3 Å². The van der Waals surface area contributed by atoms with Crippen molar-refractivity contribution in [2.24, 2.45) is 5.73 Å². The molecule has 0 heterocycles. The highest BCUT2D eigenvalue weighted by atomic mass is 16.3. The number of aliphatic hydroxyl groups is 1. The van der Waals surface area contributed by atoms with E-state index in [1.165, 1.54) is 0 Å². The first-order chi connectivity index (χ1) is 5.74. The van der Waals surface area contributed by atoms with E-state index in [0.29, 0.717) is 11.3 Å². The molecule has 0 aliphatic rings. The molecule has 0 atom stereocenters. The number of nitrogens with two attached hydrogens (primary N) is 1. The van der Waals surface area contributed by atoms with Crippen LogP contribution in [0.25, 0.3) is 0 Å². The average Bonchev–Trinajstić information content (AvgIpc) is 2.04. The molecule has 1 rings (SSSR count). The third-order valence-corrected chi connectivity index (χ3v) is 1.45. The van der Waals surface area contributed by atoms with Gasteiger partial charge in [-0.3, -0.25) is 0 Å². The molecule has 1 aromatic rings. The van der Waals surface area contributed by atoms with Crippen molar-refractivity contribution in [1.29, 1.82) is 0 Å². The lowest BCUT2D eigenvalue weighted by Gasteiger charge is -2.05. The average molecular weight is 166 g/mol. The summed E-state index contributed by atoms with van der Waals surface area (Å²) in [5.74, 6) is 0. The maximum Gasteiger partial charge on any atom is 0.316 e. The molecular formula is C8H10N2O2. The van der Waals surface area contributed by atoms with Crippen LogP contribution in [0.1, 0.15) is 5.56 Å². The number of nitrogens with one attached hydrogen (secondary N) is 1. The highest BCUT2D eigenvalue weighted by Crippen LogP contribution is 2.13. The number of aliphatic hydroxyl groups excluding tert-OH is 1. The van der Waals surface area contributed by atoms with Gasteiger partial charge < -0.3 is 16.2 Å². The molecular weight excluding hydrogens is 156 g/mol. The minimum absolute atomic E-state index is 0.115. The monoisotopic (exact) mass is 166 g/mol. The number of carbonyl (C=O) groups excluding carboxylic acids is 1. The topological polar surface area (TPSA) is 75.4 Å². The normalized spacial score (nSPS) is 9.42. The van der Waals surface area contributed by atoms with Crippen LogP contribution in [0.3, 0.4) is 0 Å². The Labute approximate surface area is 70.0 Å². The Balaban J connectivity index is 2.89. The first-order valence-electron chi connectivity index (χ1n) is 3.49. The maximum atomic E-state index is 10.5. The van der Waals surface area contributed by atoms with E-state index >= 15 is 0 Å². The van der Waals surface area contributed by atoms with Crippen molar-refractivity contribution in [3.05, 3.63) is 29.8 Å². The van der Waals surface area contributed by atoms with Crippen LogP contribution in [0.15, 0.2) is 24.3 Å². The van der Waals surface area contributed by atoms with Gasteiger partial charge in [0.05, 0.1) is 6.61 Å². The molecule has 64 valence electrons. The number of carbonyl (C=O) groups is 1. The van der Waals surface area contributed by atoms with Crippen LogP contribution < -0.4 is 11.1 Å². The number of amides is 2. The molecule has 0 aromatic heterocycles. The molecule has 2 amide bonds. The second-order valence-electron chi connectivity index (χ2n) is 2.30. The third kappa shape index (κ3) is 1.96. The van der Waals surface area contributed by atoms with Crippen LogP contribution in [0, 0.1) is 0 Å². The van der Waals surface area contributed by atoms with E-state index in [1.807, 2.05) is 0 Å². The fourth-order valence-electron chi connectivity index (χ4n) is 0.913. The van der Waals surface area contributed by atoms with Gasteiger partial charge in [-0.1, -0.05) is 18.2 Å². The van der Waals surface area contributed by atoms with Gasteiger partial charge in [0.2, 0.25) is 0 Å². The fourth-order valence-corrected chi connectivity index (χ4v) is 0.913. The molecule has 1 aromatic carbocycles. The zero-order valence-corrected chi connectivity index (χ0v) is 6.45. The summed E-state index contributed by atoms with van der Waals surface area (Å²) in [6.45, 7) is -0.115. The van der Waals surface area contributed by atoms with Crippen molar-refractivity contribution in [2.75, 3.05) is 5.32 Å². The molecule has 0 aliphatic heterocycles. The van der Waals surface area contributed by atoms with Crippen LogP contribution in [0.2, 0.25) is 0 Å². The van der Waals surface area contributed by atoms with Crippen molar-refractivity contribution in [1.82, 2.24) is 0 Å². The van der Waals surface area contributed by atoms with Crippen LogP contribution in [-0.2, 0) is 6.61 Å². The lowest BCUT2D eigenvalue weighted by atomic mass is 10.2. The van der Waals surface area contributed by atoms with E-state index < -0.39 is 6.03 Å².